The van der Waals surface area contributed by atoms with E-state index in [1.807, 2.05) is 38.1 Å². The number of ether oxygens (including phenoxy) is 1. The molecule has 4 heteroatoms. The van der Waals surface area contributed by atoms with Crippen molar-refractivity contribution in [3.63, 3.8) is 0 Å². The number of anilines is 1. The summed E-state index contributed by atoms with van der Waals surface area (Å²) in [7, 11) is 0. The van der Waals surface area contributed by atoms with Crippen LogP contribution in [0.4, 0.5) is 10.1 Å². The predicted molar refractivity (Wildman–Crippen MR) is 83.6 cm³/mol. The number of benzene rings is 2. The van der Waals surface area contributed by atoms with Crippen LogP contribution in [0.1, 0.15) is 19.4 Å². The molecule has 0 saturated carbocycles. The lowest BCUT2D eigenvalue weighted by molar-refractivity contribution is 0.243. The molecule has 2 rings (SSSR count). The van der Waals surface area contributed by atoms with Crippen molar-refractivity contribution in [2.75, 3.05) is 5.32 Å². The average molecular weight is 338 g/mol. The fourth-order valence-electron chi connectivity index (χ4n) is 1.84. The van der Waals surface area contributed by atoms with Crippen LogP contribution in [-0.4, -0.2) is 6.10 Å². The monoisotopic (exact) mass is 337 g/mol. The molecular weight excluding hydrogens is 321 g/mol. The number of hydrogen-bond acceptors (Lipinski definition) is 2. The zero-order valence-electron chi connectivity index (χ0n) is 11.5. The molecular formula is C16H17BrFNO. The molecule has 0 spiro atoms. The molecule has 0 unspecified atom stereocenters. The van der Waals surface area contributed by atoms with E-state index in [4.69, 9.17) is 4.74 Å². The van der Waals surface area contributed by atoms with Gasteiger partial charge in [0.25, 0.3) is 0 Å². The highest BCUT2D eigenvalue weighted by molar-refractivity contribution is 9.10. The summed E-state index contributed by atoms with van der Waals surface area (Å²) in [6, 6.07) is 12.6. The first-order valence-electron chi connectivity index (χ1n) is 6.49. The summed E-state index contributed by atoms with van der Waals surface area (Å²) < 4.78 is 20.3. The third kappa shape index (κ3) is 3.97. The topological polar surface area (TPSA) is 21.3 Å². The second kappa shape index (κ2) is 6.75. The standard InChI is InChI=1S/C16H17BrFNO/c1-11(2)20-16-6-4-3-5-15(16)19-10-12-9-13(17)7-8-14(12)18/h3-9,11,19H,10H2,1-2H3. The number of para-hydroxylation sites is 2. The first-order valence-corrected chi connectivity index (χ1v) is 7.29. The molecule has 2 nitrogen and oxygen atoms in total. The van der Waals surface area contributed by atoms with Gasteiger partial charge < -0.3 is 10.1 Å². The number of rotatable bonds is 5. The molecule has 0 heterocycles. The van der Waals surface area contributed by atoms with Crippen molar-refractivity contribution in [3.8, 4) is 5.75 Å². The Morgan fingerprint density at radius 3 is 2.70 bits per heavy atom. The van der Waals surface area contributed by atoms with Gasteiger partial charge in [-0.15, -0.1) is 0 Å². The van der Waals surface area contributed by atoms with Crippen LogP contribution in [0.2, 0.25) is 0 Å². The van der Waals surface area contributed by atoms with Crippen molar-refractivity contribution in [1.82, 2.24) is 0 Å². The summed E-state index contributed by atoms with van der Waals surface area (Å²) in [4.78, 5) is 0. The van der Waals surface area contributed by atoms with Crippen molar-refractivity contribution in [2.45, 2.75) is 26.5 Å². The second-order valence-electron chi connectivity index (χ2n) is 4.75. The molecule has 0 bridgehead atoms. The molecule has 0 saturated heterocycles. The Bertz CT molecular complexity index is 586. The molecule has 2 aromatic carbocycles. The van der Waals surface area contributed by atoms with Crippen LogP contribution in [0.25, 0.3) is 0 Å². The molecule has 2 aromatic rings. The molecule has 0 atom stereocenters. The summed E-state index contributed by atoms with van der Waals surface area (Å²) in [5, 5.41) is 3.22. The van der Waals surface area contributed by atoms with E-state index >= 15 is 0 Å². The smallest absolute Gasteiger partial charge is 0.142 e. The third-order valence-electron chi connectivity index (χ3n) is 2.73. The third-order valence-corrected chi connectivity index (χ3v) is 3.22. The summed E-state index contributed by atoms with van der Waals surface area (Å²) in [6.45, 7) is 4.36. The molecule has 20 heavy (non-hydrogen) atoms. The van der Waals surface area contributed by atoms with Crippen molar-refractivity contribution in [3.05, 3.63) is 58.3 Å². The maximum Gasteiger partial charge on any atom is 0.142 e. The Hall–Kier alpha value is -1.55. The van der Waals surface area contributed by atoms with Crippen LogP contribution in [0.3, 0.4) is 0 Å². The first-order chi connectivity index (χ1) is 9.56. The largest absolute Gasteiger partial charge is 0.489 e. The Labute approximate surface area is 127 Å². The van der Waals surface area contributed by atoms with E-state index in [1.54, 1.807) is 12.1 Å². The van der Waals surface area contributed by atoms with Crippen LogP contribution in [0, 0.1) is 5.82 Å². The lowest BCUT2D eigenvalue weighted by Crippen LogP contribution is -2.09. The van der Waals surface area contributed by atoms with E-state index < -0.39 is 0 Å². The Morgan fingerprint density at radius 1 is 1.20 bits per heavy atom. The maximum absolute atomic E-state index is 13.7. The zero-order chi connectivity index (χ0) is 14.5. The van der Waals surface area contributed by atoms with Crippen molar-refractivity contribution < 1.29 is 9.13 Å². The van der Waals surface area contributed by atoms with Crippen molar-refractivity contribution in [1.29, 1.82) is 0 Å². The quantitative estimate of drug-likeness (QED) is 0.829. The van der Waals surface area contributed by atoms with Gasteiger partial charge in [-0.2, -0.15) is 0 Å². The molecule has 0 aliphatic rings. The predicted octanol–water partition coefficient (Wildman–Crippen LogP) is 4.99. The fraction of sp³-hybridized carbons (Fsp3) is 0.250. The summed E-state index contributed by atoms with van der Waals surface area (Å²) in [6.07, 6.45) is 0.0977. The van der Waals surface area contributed by atoms with Crippen LogP contribution >= 0.6 is 15.9 Å². The van der Waals surface area contributed by atoms with Gasteiger partial charge in [0.1, 0.15) is 11.6 Å². The number of nitrogens with one attached hydrogen (secondary N) is 1. The minimum atomic E-state index is -0.219. The van der Waals surface area contributed by atoms with Crippen LogP contribution in [0.5, 0.6) is 5.75 Å². The molecule has 0 fully saturated rings. The highest BCUT2D eigenvalue weighted by Crippen LogP contribution is 2.26. The summed E-state index contributed by atoms with van der Waals surface area (Å²) in [5.41, 5.74) is 1.47. The van der Waals surface area contributed by atoms with E-state index in [0.29, 0.717) is 12.1 Å². The van der Waals surface area contributed by atoms with Crippen LogP contribution < -0.4 is 10.1 Å². The van der Waals surface area contributed by atoms with Crippen molar-refractivity contribution in [2.24, 2.45) is 0 Å². The molecule has 0 aliphatic heterocycles. The molecule has 106 valence electrons. The van der Waals surface area contributed by atoms with Gasteiger partial charge >= 0.3 is 0 Å². The second-order valence-corrected chi connectivity index (χ2v) is 5.67. The normalized spacial score (nSPS) is 10.7. The Kier molecular flexibility index (Phi) is 5.01. The zero-order valence-corrected chi connectivity index (χ0v) is 13.1. The van der Waals surface area contributed by atoms with Crippen LogP contribution in [-0.2, 0) is 6.54 Å². The molecule has 0 aliphatic carbocycles. The van der Waals surface area contributed by atoms with E-state index in [0.717, 1.165) is 15.9 Å². The Morgan fingerprint density at radius 2 is 1.95 bits per heavy atom. The van der Waals surface area contributed by atoms with Gasteiger partial charge in [-0.05, 0) is 44.2 Å². The van der Waals surface area contributed by atoms with Crippen molar-refractivity contribution >= 4 is 21.6 Å². The molecule has 0 aromatic heterocycles. The average Bonchev–Trinajstić information content (AvgIpc) is 2.41. The van der Waals surface area contributed by atoms with E-state index in [9.17, 15) is 4.39 Å². The highest BCUT2D eigenvalue weighted by atomic mass is 79.9. The van der Waals surface area contributed by atoms with E-state index in [1.165, 1.54) is 6.07 Å². The maximum atomic E-state index is 13.7. The first kappa shape index (κ1) is 14.9. The minimum Gasteiger partial charge on any atom is -0.489 e. The minimum absolute atomic E-state index is 0.0977. The highest BCUT2D eigenvalue weighted by Gasteiger charge is 2.07. The number of halogens is 2. The summed E-state index contributed by atoms with van der Waals surface area (Å²) in [5.74, 6) is 0.556. The number of hydrogen-bond donors (Lipinski definition) is 1. The molecule has 0 radical (unpaired) electrons. The molecule has 0 amide bonds. The summed E-state index contributed by atoms with van der Waals surface area (Å²) >= 11 is 3.35. The van der Waals surface area contributed by atoms with Gasteiger partial charge in [0.05, 0.1) is 11.8 Å². The van der Waals surface area contributed by atoms with E-state index in [2.05, 4.69) is 21.2 Å². The Balaban J connectivity index is 2.12. The van der Waals surface area contributed by atoms with Gasteiger partial charge in [-0.1, -0.05) is 28.1 Å². The lowest BCUT2D eigenvalue weighted by Gasteiger charge is -2.15. The fourth-order valence-corrected chi connectivity index (χ4v) is 2.25. The lowest BCUT2D eigenvalue weighted by atomic mass is 10.2. The van der Waals surface area contributed by atoms with Gasteiger partial charge in [0.15, 0.2) is 0 Å². The molecule has 1 N–H and O–H groups in total. The van der Waals surface area contributed by atoms with Gasteiger partial charge in [0.2, 0.25) is 0 Å². The van der Waals surface area contributed by atoms with Gasteiger partial charge in [-0.25, -0.2) is 4.39 Å². The van der Waals surface area contributed by atoms with Crippen LogP contribution in [0.15, 0.2) is 46.9 Å². The van der Waals surface area contributed by atoms with Gasteiger partial charge in [0, 0.05) is 16.6 Å². The van der Waals surface area contributed by atoms with Gasteiger partial charge in [-0.3, -0.25) is 0 Å². The SMILES string of the molecule is CC(C)Oc1ccccc1NCc1cc(Br)ccc1F. The van der Waals surface area contributed by atoms with E-state index in [-0.39, 0.29) is 11.9 Å².